The van der Waals surface area contributed by atoms with Gasteiger partial charge in [0.25, 0.3) is 0 Å². The lowest BCUT2D eigenvalue weighted by Crippen LogP contribution is -2.18. The van der Waals surface area contributed by atoms with Crippen molar-refractivity contribution in [3.05, 3.63) is 59.4 Å². The highest BCUT2D eigenvalue weighted by Gasteiger charge is 2.06. The van der Waals surface area contributed by atoms with Crippen molar-refractivity contribution in [1.29, 1.82) is 5.26 Å². The average Bonchev–Trinajstić information content (AvgIpc) is 2.53. The molecule has 1 atom stereocenters. The third kappa shape index (κ3) is 3.34. The number of aromatic nitrogens is 1. The number of hydrogen-bond donors (Lipinski definition) is 1. The summed E-state index contributed by atoms with van der Waals surface area (Å²) in [7, 11) is 1.57. The molecule has 20 heavy (non-hydrogen) atoms. The van der Waals surface area contributed by atoms with Crippen molar-refractivity contribution in [1.82, 2.24) is 10.3 Å². The van der Waals surface area contributed by atoms with E-state index in [-0.39, 0.29) is 6.04 Å². The predicted octanol–water partition coefficient (Wildman–Crippen LogP) is 2.81. The molecule has 102 valence electrons. The first-order valence-corrected chi connectivity index (χ1v) is 6.45. The summed E-state index contributed by atoms with van der Waals surface area (Å²) in [5, 5.41) is 12.5. The summed E-state index contributed by atoms with van der Waals surface area (Å²) in [5.41, 5.74) is 2.81. The predicted molar refractivity (Wildman–Crippen MR) is 77.2 cm³/mol. The van der Waals surface area contributed by atoms with Gasteiger partial charge in [-0.15, -0.1) is 0 Å². The molecule has 0 saturated carbocycles. The molecule has 1 N–H and O–H groups in total. The molecule has 0 fully saturated rings. The van der Waals surface area contributed by atoms with Gasteiger partial charge in [-0.1, -0.05) is 6.07 Å². The molecule has 0 aliphatic rings. The van der Waals surface area contributed by atoms with Gasteiger partial charge >= 0.3 is 0 Å². The van der Waals surface area contributed by atoms with Crippen molar-refractivity contribution in [3.63, 3.8) is 0 Å². The van der Waals surface area contributed by atoms with E-state index in [1.165, 1.54) is 5.56 Å². The van der Waals surface area contributed by atoms with Gasteiger partial charge in [-0.3, -0.25) is 4.98 Å². The summed E-state index contributed by atoms with van der Waals surface area (Å²) in [4.78, 5) is 4.01. The molecular formula is C16H17N3O. The van der Waals surface area contributed by atoms with Gasteiger partial charge in [-0.2, -0.15) is 5.26 Å². The minimum absolute atomic E-state index is 0.227. The molecule has 4 nitrogen and oxygen atoms in total. The van der Waals surface area contributed by atoms with Crippen LogP contribution in [0.15, 0.2) is 42.7 Å². The Morgan fingerprint density at radius 2 is 2.05 bits per heavy atom. The smallest absolute Gasteiger partial charge is 0.136 e. The fraction of sp³-hybridized carbons (Fsp3) is 0.250. The second-order valence-corrected chi connectivity index (χ2v) is 4.53. The normalized spacial score (nSPS) is 11.7. The van der Waals surface area contributed by atoms with Crippen LogP contribution in [0.4, 0.5) is 0 Å². The SMILES string of the molecule is COc1ccc(CN[C@H](C)c2ccncc2)cc1C#N. The molecule has 0 unspecified atom stereocenters. The number of hydrogen-bond acceptors (Lipinski definition) is 4. The number of pyridine rings is 1. The van der Waals surface area contributed by atoms with Crippen molar-refractivity contribution < 1.29 is 4.74 Å². The van der Waals surface area contributed by atoms with E-state index in [1.54, 1.807) is 19.5 Å². The van der Waals surface area contributed by atoms with E-state index in [2.05, 4.69) is 23.3 Å². The summed E-state index contributed by atoms with van der Waals surface area (Å²) < 4.78 is 5.14. The highest BCUT2D eigenvalue weighted by Crippen LogP contribution is 2.19. The first kappa shape index (κ1) is 14.0. The van der Waals surface area contributed by atoms with Crippen LogP contribution in [0, 0.1) is 11.3 Å². The van der Waals surface area contributed by atoms with Crippen LogP contribution >= 0.6 is 0 Å². The summed E-state index contributed by atoms with van der Waals surface area (Å²) in [5.74, 6) is 0.610. The maximum Gasteiger partial charge on any atom is 0.136 e. The van der Waals surface area contributed by atoms with Gasteiger partial charge in [0.2, 0.25) is 0 Å². The molecule has 0 amide bonds. The van der Waals surface area contributed by atoms with E-state index in [9.17, 15) is 0 Å². The van der Waals surface area contributed by atoms with Gasteiger partial charge in [0.05, 0.1) is 12.7 Å². The number of ether oxygens (including phenoxy) is 1. The van der Waals surface area contributed by atoms with Crippen LogP contribution in [0.5, 0.6) is 5.75 Å². The molecule has 2 aromatic rings. The van der Waals surface area contributed by atoms with Crippen LogP contribution in [0.25, 0.3) is 0 Å². The largest absolute Gasteiger partial charge is 0.495 e. The topological polar surface area (TPSA) is 57.9 Å². The molecule has 0 radical (unpaired) electrons. The lowest BCUT2D eigenvalue weighted by molar-refractivity contribution is 0.413. The fourth-order valence-corrected chi connectivity index (χ4v) is 1.99. The van der Waals surface area contributed by atoms with Gasteiger partial charge in [0.1, 0.15) is 11.8 Å². The number of methoxy groups -OCH3 is 1. The first-order valence-electron chi connectivity index (χ1n) is 6.45. The van der Waals surface area contributed by atoms with Crippen molar-refractivity contribution in [2.75, 3.05) is 7.11 Å². The average molecular weight is 267 g/mol. The van der Waals surface area contributed by atoms with Crippen molar-refractivity contribution in [2.45, 2.75) is 19.5 Å². The monoisotopic (exact) mass is 267 g/mol. The fourth-order valence-electron chi connectivity index (χ4n) is 1.99. The zero-order valence-electron chi connectivity index (χ0n) is 11.6. The van der Waals surface area contributed by atoms with Crippen LogP contribution < -0.4 is 10.1 Å². The van der Waals surface area contributed by atoms with Crippen molar-refractivity contribution in [3.8, 4) is 11.8 Å². The second-order valence-electron chi connectivity index (χ2n) is 4.53. The van der Waals surface area contributed by atoms with Gasteiger partial charge in [-0.25, -0.2) is 0 Å². The lowest BCUT2D eigenvalue weighted by atomic mass is 10.1. The molecule has 4 heteroatoms. The maximum atomic E-state index is 9.07. The van der Waals surface area contributed by atoms with Crippen LogP contribution in [0.1, 0.15) is 29.7 Å². The minimum Gasteiger partial charge on any atom is -0.495 e. The van der Waals surface area contributed by atoms with Crippen LogP contribution in [-0.2, 0) is 6.54 Å². The van der Waals surface area contributed by atoms with Crippen molar-refractivity contribution in [2.24, 2.45) is 0 Å². The Bertz CT molecular complexity index is 605. The summed E-state index contributed by atoms with van der Waals surface area (Å²) in [6.07, 6.45) is 3.57. The second kappa shape index (κ2) is 6.69. The number of nitrogens with zero attached hydrogens (tertiary/aromatic N) is 2. The van der Waals surface area contributed by atoms with E-state index < -0.39 is 0 Å². The van der Waals surface area contributed by atoms with Gasteiger partial charge < -0.3 is 10.1 Å². The van der Waals surface area contributed by atoms with E-state index >= 15 is 0 Å². The Kier molecular flexibility index (Phi) is 4.70. The molecular weight excluding hydrogens is 250 g/mol. The minimum atomic E-state index is 0.227. The molecule has 0 aliphatic heterocycles. The zero-order chi connectivity index (χ0) is 14.4. The maximum absolute atomic E-state index is 9.07. The highest BCUT2D eigenvalue weighted by atomic mass is 16.5. The van der Waals surface area contributed by atoms with E-state index in [4.69, 9.17) is 10.00 Å². The molecule has 2 rings (SSSR count). The summed E-state index contributed by atoms with van der Waals surface area (Å²) in [6.45, 7) is 2.80. The molecule has 1 aromatic carbocycles. The Morgan fingerprint density at radius 3 is 2.70 bits per heavy atom. The van der Waals surface area contributed by atoms with E-state index in [0.717, 1.165) is 5.56 Å². The Labute approximate surface area is 119 Å². The van der Waals surface area contributed by atoms with E-state index in [0.29, 0.717) is 17.9 Å². The van der Waals surface area contributed by atoms with Crippen LogP contribution in [0.2, 0.25) is 0 Å². The lowest BCUT2D eigenvalue weighted by Gasteiger charge is -2.14. The zero-order valence-corrected chi connectivity index (χ0v) is 11.6. The summed E-state index contributed by atoms with van der Waals surface area (Å²) in [6, 6.07) is 12.0. The standard InChI is InChI=1S/C16H17N3O/c1-12(14-5-7-18-8-6-14)19-11-13-3-4-16(20-2)15(9-13)10-17/h3-9,12,19H,11H2,1-2H3/t12-/m1/s1. The Hall–Kier alpha value is -2.38. The Balaban J connectivity index is 2.03. The van der Waals surface area contributed by atoms with E-state index in [1.807, 2.05) is 30.3 Å². The van der Waals surface area contributed by atoms with Crippen molar-refractivity contribution >= 4 is 0 Å². The van der Waals surface area contributed by atoms with Crippen LogP contribution in [-0.4, -0.2) is 12.1 Å². The Morgan fingerprint density at radius 1 is 1.30 bits per heavy atom. The quantitative estimate of drug-likeness (QED) is 0.905. The van der Waals surface area contributed by atoms with Gasteiger partial charge in [0, 0.05) is 25.0 Å². The molecule has 0 spiro atoms. The molecule has 1 aromatic heterocycles. The molecule has 1 heterocycles. The van der Waals surface area contributed by atoms with Crippen LogP contribution in [0.3, 0.4) is 0 Å². The third-order valence-corrected chi connectivity index (χ3v) is 3.20. The van der Waals surface area contributed by atoms with Gasteiger partial charge in [0.15, 0.2) is 0 Å². The number of nitrogens with one attached hydrogen (secondary N) is 1. The molecule has 0 saturated heterocycles. The third-order valence-electron chi connectivity index (χ3n) is 3.20. The number of benzene rings is 1. The molecule has 0 aliphatic carbocycles. The number of rotatable bonds is 5. The highest BCUT2D eigenvalue weighted by molar-refractivity contribution is 5.45. The number of nitriles is 1. The van der Waals surface area contributed by atoms with Gasteiger partial charge in [-0.05, 0) is 42.3 Å². The first-order chi connectivity index (χ1) is 9.74. The summed E-state index contributed by atoms with van der Waals surface area (Å²) >= 11 is 0. The molecule has 0 bridgehead atoms.